The first-order chi connectivity index (χ1) is 16.2. The first-order valence-electron chi connectivity index (χ1n) is 11.3. The third-order valence-corrected chi connectivity index (χ3v) is 6.26. The zero-order chi connectivity index (χ0) is 22.6. The molecule has 0 aliphatic carbocycles. The fourth-order valence-electron chi connectivity index (χ4n) is 4.58. The lowest BCUT2D eigenvalue weighted by Gasteiger charge is -2.32. The number of fused-ring (bicyclic) bond motifs is 1. The topological polar surface area (TPSA) is 72.5 Å². The molecule has 0 unspecified atom stereocenters. The lowest BCUT2D eigenvalue weighted by molar-refractivity contribution is -0.126. The highest BCUT2D eigenvalue weighted by molar-refractivity contribution is 5.94. The number of hydrogen-bond acceptors (Lipinski definition) is 5. The van der Waals surface area contributed by atoms with Crippen LogP contribution in [0, 0.1) is 0 Å². The van der Waals surface area contributed by atoms with Crippen LogP contribution in [-0.4, -0.2) is 40.8 Å². The minimum atomic E-state index is -0.666. The number of benzene rings is 2. The number of carbonyl (C=O) groups is 1. The zero-order valence-electron chi connectivity index (χ0n) is 18.7. The summed E-state index contributed by atoms with van der Waals surface area (Å²) in [6, 6.07) is 21.8. The maximum atomic E-state index is 12.9. The molecule has 0 radical (unpaired) electrons. The van der Waals surface area contributed by atoms with Crippen molar-refractivity contribution in [3.8, 4) is 0 Å². The third kappa shape index (κ3) is 4.69. The summed E-state index contributed by atoms with van der Waals surface area (Å²) in [7, 11) is 1.55. The Balaban J connectivity index is 1.20. The Bertz CT molecular complexity index is 1180. The molecule has 1 N–H and O–H groups in total. The van der Waals surface area contributed by atoms with Crippen LogP contribution >= 0.6 is 0 Å². The van der Waals surface area contributed by atoms with Crippen LogP contribution in [0.25, 0.3) is 11.0 Å². The number of aromatic nitrogens is 2. The molecule has 7 heteroatoms. The molecule has 1 saturated heterocycles. The van der Waals surface area contributed by atoms with Crippen LogP contribution in [0.4, 0.5) is 5.82 Å². The molecule has 1 amide bonds. The van der Waals surface area contributed by atoms with Gasteiger partial charge in [0.25, 0.3) is 5.91 Å². The average molecular weight is 445 g/mol. The molecular formula is C26H28N4O3. The molecule has 7 nitrogen and oxygen atoms in total. The van der Waals surface area contributed by atoms with Crippen molar-refractivity contribution in [2.75, 3.05) is 25.5 Å². The standard InChI is InChI=1S/C26H28N4O3/c1-32-25(19-7-3-2-4-8-19)26(31)28-24-11-14-27-30(24)21-12-15-29(16-13-21)18-22-17-20-9-5-6-10-23(20)33-22/h2-11,14,17,21,25H,12-13,15-16,18H2,1H3,(H,28,31)/t25-/m1/s1. The summed E-state index contributed by atoms with van der Waals surface area (Å²) >= 11 is 0. The molecule has 1 aliphatic heterocycles. The van der Waals surface area contributed by atoms with Crippen molar-refractivity contribution in [3.05, 3.63) is 84.3 Å². The van der Waals surface area contributed by atoms with Crippen LogP contribution < -0.4 is 5.32 Å². The zero-order valence-corrected chi connectivity index (χ0v) is 18.7. The van der Waals surface area contributed by atoms with Crippen molar-refractivity contribution in [1.29, 1.82) is 0 Å². The van der Waals surface area contributed by atoms with E-state index < -0.39 is 6.10 Å². The molecule has 1 atom stereocenters. The van der Waals surface area contributed by atoms with Crippen LogP contribution in [0.2, 0.25) is 0 Å². The van der Waals surface area contributed by atoms with Gasteiger partial charge in [0.15, 0.2) is 6.10 Å². The van der Waals surface area contributed by atoms with Gasteiger partial charge >= 0.3 is 0 Å². The summed E-state index contributed by atoms with van der Waals surface area (Å²) in [5.41, 5.74) is 1.76. The molecule has 2 aromatic heterocycles. The first-order valence-corrected chi connectivity index (χ1v) is 11.3. The van der Waals surface area contributed by atoms with Crippen molar-refractivity contribution in [1.82, 2.24) is 14.7 Å². The summed E-state index contributed by atoms with van der Waals surface area (Å²) in [5, 5.41) is 8.67. The van der Waals surface area contributed by atoms with E-state index in [0.29, 0.717) is 5.82 Å². The van der Waals surface area contributed by atoms with E-state index in [1.165, 1.54) is 0 Å². The van der Waals surface area contributed by atoms with Gasteiger partial charge < -0.3 is 14.5 Å². The molecule has 33 heavy (non-hydrogen) atoms. The number of amides is 1. The molecule has 0 bridgehead atoms. The number of hydrogen-bond donors (Lipinski definition) is 1. The number of methoxy groups -OCH3 is 1. The average Bonchev–Trinajstić information content (AvgIpc) is 3.47. The van der Waals surface area contributed by atoms with Gasteiger partial charge in [-0.3, -0.25) is 9.69 Å². The van der Waals surface area contributed by atoms with E-state index in [2.05, 4.69) is 27.4 Å². The maximum Gasteiger partial charge on any atom is 0.259 e. The van der Waals surface area contributed by atoms with E-state index >= 15 is 0 Å². The van der Waals surface area contributed by atoms with Crippen LogP contribution in [-0.2, 0) is 16.1 Å². The van der Waals surface area contributed by atoms with Gasteiger partial charge in [0.1, 0.15) is 17.2 Å². The number of nitrogens with zero attached hydrogens (tertiary/aromatic N) is 3. The van der Waals surface area contributed by atoms with Gasteiger partial charge in [-0.05, 0) is 30.5 Å². The summed E-state index contributed by atoms with van der Waals surface area (Å²) in [6.45, 7) is 2.69. The van der Waals surface area contributed by atoms with Gasteiger partial charge in [-0.15, -0.1) is 0 Å². The van der Waals surface area contributed by atoms with Crippen molar-refractivity contribution < 1.29 is 13.9 Å². The van der Waals surface area contributed by atoms with E-state index in [1.54, 1.807) is 13.3 Å². The number of para-hydroxylation sites is 1. The SMILES string of the molecule is CO[C@@H](C(=O)Nc1ccnn1C1CCN(Cc2cc3ccccc3o2)CC1)c1ccccc1. The highest BCUT2D eigenvalue weighted by Crippen LogP contribution is 2.28. The molecular weight excluding hydrogens is 416 g/mol. The molecule has 4 aromatic rings. The largest absolute Gasteiger partial charge is 0.460 e. The molecule has 3 heterocycles. The Labute approximate surface area is 192 Å². The Hall–Kier alpha value is -3.42. The Morgan fingerprint density at radius 2 is 1.88 bits per heavy atom. The third-order valence-electron chi connectivity index (χ3n) is 6.26. The van der Waals surface area contributed by atoms with Crippen LogP contribution in [0.5, 0.6) is 0 Å². The first kappa shape index (κ1) is 21.4. The number of rotatable bonds is 7. The van der Waals surface area contributed by atoms with Crippen molar-refractivity contribution in [2.45, 2.75) is 31.5 Å². The second kappa shape index (κ2) is 9.60. The van der Waals surface area contributed by atoms with E-state index in [-0.39, 0.29) is 11.9 Å². The van der Waals surface area contributed by atoms with E-state index in [0.717, 1.165) is 54.8 Å². The molecule has 5 rings (SSSR count). The Morgan fingerprint density at radius 1 is 1.12 bits per heavy atom. The highest BCUT2D eigenvalue weighted by atomic mass is 16.5. The Kier molecular flexibility index (Phi) is 6.24. The molecule has 2 aromatic carbocycles. The minimum Gasteiger partial charge on any atom is -0.460 e. The molecule has 1 aliphatic rings. The highest BCUT2D eigenvalue weighted by Gasteiger charge is 2.26. The predicted molar refractivity (Wildman–Crippen MR) is 127 cm³/mol. The van der Waals surface area contributed by atoms with Gasteiger partial charge in [-0.1, -0.05) is 48.5 Å². The predicted octanol–water partition coefficient (Wildman–Crippen LogP) is 4.79. The second-order valence-corrected chi connectivity index (χ2v) is 8.43. The van der Waals surface area contributed by atoms with Crippen molar-refractivity contribution >= 4 is 22.7 Å². The number of nitrogens with one attached hydrogen (secondary N) is 1. The number of ether oxygens (including phenoxy) is 1. The van der Waals surface area contributed by atoms with Crippen LogP contribution in [0.1, 0.15) is 36.3 Å². The normalized spacial score (nSPS) is 16.2. The van der Waals surface area contributed by atoms with Gasteiger partial charge in [-0.25, -0.2) is 4.68 Å². The Morgan fingerprint density at radius 3 is 2.64 bits per heavy atom. The fraction of sp³-hybridized carbons (Fsp3) is 0.308. The summed E-state index contributed by atoms with van der Waals surface area (Å²) < 4.78 is 13.4. The lowest BCUT2D eigenvalue weighted by Crippen LogP contribution is -2.35. The van der Waals surface area contributed by atoms with Gasteiger partial charge in [0, 0.05) is 31.7 Å². The number of anilines is 1. The summed E-state index contributed by atoms with van der Waals surface area (Å²) in [6.07, 6.45) is 2.98. The molecule has 170 valence electrons. The van der Waals surface area contributed by atoms with Crippen LogP contribution in [0.3, 0.4) is 0 Å². The van der Waals surface area contributed by atoms with E-state index in [9.17, 15) is 4.79 Å². The molecule has 1 fully saturated rings. The maximum absolute atomic E-state index is 12.9. The fourth-order valence-corrected chi connectivity index (χ4v) is 4.58. The number of likely N-dealkylation sites (tertiary alicyclic amines) is 1. The minimum absolute atomic E-state index is 0.201. The van der Waals surface area contributed by atoms with Gasteiger partial charge in [0.05, 0.1) is 18.8 Å². The van der Waals surface area contributed by atoms with Gasteiger partial charge in [-0.2, -0.15) is 5.10 Å². The monoisotopic (exact) mass is 444 g/mol. The number of piperidine rings is 1. The van der Waals surface area contributed by atoms with Crippen LogP contribution in [0.15, 0.2) is 77.3 Å². The van der Waals surface area contributed by atoms with E-state index in [4.69, 9.17) is 9.15 Å². The summed E-state index contributed by atoms with van der Waals surface area (Å²) in [5.74, 6) is 1.50. The smallest absolute Gasteiger partial charge is 0.259 e. The quantitative estimate of drug-likeness (QED) is 0.444. The molecule has 0 spiro atoms. The van der Waals surface area contributed by atoms with E-state index in [1.807, 2.05) is 59.3 Å². The van der Waals surface area contributed by atoms with Crippen molar-refractivity contribution in [2.24, 2.45) is 0 Å². The number of carbonyl (C=O) groups excluding carboxylic acids is 1. The lowest BCUT2D eigenvalue weighted by atomic mass is 10.0. The number of furan rings is 1. The van der Waals surface area contributed by atoms with Gasteiger partial charge in [0.2, 0.25) is 0 Å². The van der Waals surface area contributed by atoms with Crippen molar-refractivity contribution in [3.63, 3.8) is 0 Å². The summed E-state index contributed by atoms with van der Waals surface area (Å²) in [4.78, 5) is 15.3. The molecule has 0 saturated carbocycles. The second-order valence-electron chi connectivity index (χ2n) is 8.43.